The summed E-state index contributed by atoms with van der Waals surface area (Å²) in [5.74, 6) is -1.11. The molecule has 1 aromatic carbocycles. The highest BCUT2D eigenvalue weighted by Crippen LogP contribution is 2.11. The zero-order chi connectivity index (χ0) is 17.5. The van der Waals surface area contributed by atoms with Crippen molar-refractivity contribution < 1.29 is 14.3 Å². The molecule has 2 rings (SSSR count). The van der Waals surface area contributed by atoms with Crippen LogP contribution in [0.25, 0.3) is 0 Å². The Balaban J connectivity index is 1.99. The number of anilines is 1. The monoisotopic (exact) mass is 329 g/mol. The fourth-order valence-electron chi connectivity index (χ4n) is 2.02. The van der Waals surface area contributed by atoms with Gasteiger partial charge in [0, 0.05) is 25.3 Å². The highest BCUT2D eigenvalue weighted by Gasteiger charge is 2.16. The van der Waals surface area contributed by atoms with Gasteiger partial charge in [-0.05, 0) is 24.6 Å². The normalized spacial score (nSPS) is 10.2. The summed E-state index contributed by atoms with van der Waals surface area (Å²) in [5, 5.41) is 3.95. The molecule has 0 fully saturated rings. The summed E-state index contributed by atoms with van der Waals surface area (Å²) in [6.07, 6.45) is 0.714. The van der Waals surface area contributed by atoms with Crippen molar-refractivity contribution >= 4 is 17.6 Å². The van der Waals surface area contributed by atoms with Gasteiger partial charge in [0.1, 0.15) is 0 Å². The SMILES string of the molecule is CCCn1nc(C(=O)OCC(=O)N(C)c2ccccc2)ccc1=O. The van der Waals surface area contributed by atoms with E-state index in [2.05, 4.69) is 5.10 Å². The first-order valence-electron chi connectivity index (χ1n) is 7.60. The summed E-state index contributed by atoms with van der Waals surface area (Å²) in [6, 6.07) is 11.6. The van der Waals surface area contributed by atoms with Gasteiger partial charge in [-0.3, -0.25) is 9.59 Å². The number of esters is 1. The molecule has 0 atom stereocenters. The van der Waals surface area contributed by atoms with Gasteiger partial charge in [0.25, 0.3) is 11.5 Å². The average Bonchev–Trinajstić information content (AvgIpc) is 2.61. The van der Waals surface area contributed by atoms with Crippen molar-refractivity contribution in [2.24, 2.45) is 0 Å². The lowest BCUT2D eigenvalue weighted by molar-refractivity contribution is -0.121. The van der Waals surface area contributed by atoms with Crippen LogP contribution in [0.15, 0.2) is 47.3 Å². The third-order valence-corrected chi connectivity index (χ3v) is 3.36. The zero-order valence-electron chi connectivity index (χ0n) is 13.6. The molecule has 1 amide bonds. The molecule has 7 nitrogen and oxygen atoms in total. The van der Waals surface area contributed by atoms with Gasteiger partial charge in [-0.25, -0.2) is 9.48 Å². The Morgan fingerprint density at radius 1 is 1.17 bits per heavy atom. The van der Waals surface area contributed by atoms with E-state index in [1.54, 1.807) is 19.2 Å². The molecule has 2 aromatic rings. The van der Waals surface area contributed by atoms with Gasteiger partial charge >= 0.3 is 5.97 Å². The molecule has 0 radical (unpaired) electrons. The van der Waals surface area contributed by atoms with Crippen molar-refractivity contribution in [3.8, 4) is 0 Å². The number of para-hydroxylation sites is 1. The van der Waals surface area contributed by atoms with Crippen molar-refractivity contribution in [1.82, 2.24) is 9.78 Å². The fourth-order valence-corrected chi connectivity index (χ4v) is 2.02. The van der Waals surface area contributed by atoms with Crippen LogP contribution in [-0.4, -0.2) is 35.3 Å². The number of carbonyl (C=O) groups is 2. The molecule has 126 valence electrons. The molecule has 0 aliphatic heterocycles. The molecule has 7 heteroatoms. The number of rotatable bonds is 6. The van der Waals surface area contributed by atoms with Gasteiger partial charge in [-0.1, -0.05) is 25.1 Å². The minimum atomic E-state index is -0.741. The highest BCUT2D eigenvalue weighted by molar-refractivity contribution is 5.96. The summed E-state index contributed by atoms with van der Waals surface area (Å²) >= 11 is 0. The second-order valence-corrected chi connectivity index (χ2v) is 5.14. The number of nitrogens with zero attached hydrogens (tertiary/aromatic N) is 3. The first kappa shape index (κ1) is 17.4. The van der Waals surface area contributed by atoms with Crippen molar-refractivity contribution in [3.05, 3.63) is 58.5 Å². The molecule has 0 spiro atoms. The first-order chi connectivity index (χ1) is 11.5. The molecule has 0 aliphatic carbocycles. The smallest absolute Gasteiger partial charge is 0.359 e. The molecule has 0 aliphatic rings. The molecule has 0 bridgehead atoms. The summed E-state index contributed by atoms with van der Waals surface area (Å²) < 4.78 is 6.20. The van der Waals surface area contributed by atoms with Crippen LogP contribution in [0.5, 0.6) is 0 Å². The van der Waals surface area contributed by atoms with Crippen molar-refractivity contribution in [2.75, 3.05) is 18.6 Å². The van der Waals surface area contributed by atoms with E-state index in [4.69, 9.17) is 4.74 Å². The molecule has 0 unspecified atom stereocenters. The molecule has 0 saturated carbocycles. The Labute approximate surface area is 139 Å². The van der Waals surface area contributed by atoms with E-state index in [0.29, 0.717) is 18.7 Å². The van der Waals surface area contributed by atoms with E-state index in [1.807, 2.05) is 25.1 Å². The first-order valence-corrected chi connectivity index (χ1v) is 7.60. The van der Waals surface area contributed by atoms with Crippen molar-refractivity contribution in [3.63, 3.8) is 0 Å². The van der Waals surface area contributed by atoms with Gasteiger partial charge in [0.05, 0.1) is 0 Å². The molecule has 0 N–H and O–H groups in total. The lowest BCUT2D eigenvalue weighted by atomic mass is 10.3. The lowest BCUT2D eigenvalue weighted by Crippen LogP contribution is -2.31. The number of benzene rings is 1. The standard InChI is InChI=1S/C17H19N3O4/c1-3-11-20-15(21)10-9-14(18-20)17(23)24-12-16(22)19(2)13-7-5-4-6-8-13/h4-10H,3,11-12H2,1-2H3. The van der Waals surface area contributed by atoms with Crippen LogP contribution in [0.3, 0.4) is 0 Å². The molecule has 1 heterocycles. The van der Waals surface area contributed by atoms with Crippen LogP contribution in [-0.2, 0) is 16.1 Å². The Morgan fingerprint density at radius 3 is 2.54 bits per heavy atom. The molecular weight excluding hydrogens is 310 g/mol. The van der Waals surface area contributed by atoms with Crippen molar-refractivity contribution in [2.45, 2.75) is 19.9 Å². The van der Waals surface area contributed by atoms with E-state index < -0.39 is 12.6 Å². The molecule has 0 saturated heterocycles. The summed E-state index contributed by atoms with van der Waals surface area (Å²) in [7, 11) is 1.60. The van der Waals surface area contributed by atoms with Crippen LogP contribution < -0.4 is 10.5 Å². The fraction of sp³-hybridized carbons (Fsp3) is 0.294. The number of carbonyl (C=O) groups excluding carboxylic acids is 2. The molecule has 1 aromatic heterocycles. The maximum Gasteiger partial charge on any atom is 0.359 e. The van der Waals surface area contributed by atoms with Crippen LogP contribution in [0, 0.1) is 0 Å². The largest absolute Gasteiger partial charge is 0.451 e. The molecular formula is C17H19N3O4. The second kappa shape index (κ2) is 8.05. The number of aryl methyl sites for hydroxylation is 1. The van der Waals surface area contributed by atoms with Crippen LogP contribution in [0.2, 0.25) is 0 Å². The maximum absolute atomic E-state index is 12.1. The number of hydrogen-bond acceptors (Lipinski definition) is 5. The second-order valence-electron chi connectivity index (χ2n) is 5.14. The maximum atomic E-state index is 12.1. The minimum absolute atomic E-state index is 0.00165. The van der Waals surface area contributed by atoms with Gasteiger partial charge in [0.15, 0.2) is 12.3 Å². The Morgan fingerprint density at radius 2 is 1.88 bits per heavy atom. The zero-order valence-corrected chi connectivity index (χ0v) is 13.6. The van der Waals surface area contributed by atoms with Gasteiger partial charge in [-0.2, -0.15) is 5.10 Å². The summed E-state index contributed by atoms with van der Waals surface area (Å²) in [6.45, 7) is 1.91. The Kier molecular flexibility index (Phi) is 5.83. The van der Waals surface area contributed by atoms with E-state index in [0.717, 1.165) is 0 Å². The van der Waals surface area contributed by atoms with E-state index >= 15 is 0 Å². The lowest BCUT2D eigenvalue weighted by Gasteiger charge is -2.17. The number of aromatic nitrogens is 2. The summed E-state index contributed by atoms with van der Waals surface area (Å²) in [4.78, 5) is 37.1. The minimum Gasteiger partial charge on any atom is -0.451 e. The third kappa shape index (κ3) is 4.28. The quantitative estimate of drug-likeness (QED) is 0.750. The van der Waals surface area contributed by atoms with E-state index in [1.165, 1.54) is 21.7 Å². The van der Waals surface area contributed by atoms with Gasteiger partial charge in [-0.15, -0.1) is 0 Å². The number of ether oxygens (including phenoxy) is 1. The van der Waals surface area contributed by atoms with Gasteiger partial charge < -0.3 is 9.64 Å². The number of hydrogen-bond donors (Lipinski definition) is 0. The van der Waals surface area contributed by atoms with E-state index in [-0.39, 0.29) is 17.2 Å². The highest BCUT2D eigenvalue weighted by atomic mass is 16.5. The average molecular weight is 329 g/mol. The van der Waals surface area contributed by atoms with Crippen LogP contribution in [0.1, 0.15) is 23.8 Å². The van der Waals surface area contributed by atoms with E-state index in [9.17, 15) is 14.4 Å². The molecule has 24 heavy (non-hydrogen) atoms. The third-order valence-electron chi connectivity index (χ3n) is 3.36. The Bertz CT molecular complexity index is 771. The van der Waals surface area contributed by atoms with Crippen LogP contribution >= 0.6 is 0 Å². The van der Waals surface area contributed by atoms with Crippen LogP contribution in [0.4, 0.5) is 5.69 Å². The predicted octanol–water partition coefficient (Wildman–Crippen LogP) is 1.47. The predicted molar refractivity (Wildman–Crippen MR) is 88.9 cm³/mol. The summed E-state index contributed by atoms with van der Waals surface area (Å²) in [5.41, 5.74) is 0.416. The number of likely N-dealkylation sites (N-methyl/N-ethyl adjacent to an activating group) is 1. The van der Waals surface area contributed by atoms with Crippen molar-refractivity contribution in [1.29, 1.82) is 0 Å². The van der Waals surface area contributed by atoms with Gasteiger partial charge in [0.2, 0.25) is 0 Å². The Hall–Kier alpha value is -2.96. The topological polar surface area (TPSA) is 81.5 Å². The number of amides is 1.